The molecule has 188 valence electrons. The monoisotopic (exact) mass is 508 g/mol. The Balaban J connectivity index is 1.57. The molecule has 0 aliphatic carbocycles. The van der Waals surface area contributed by atoms with Gasteiger partial charge < -0.3 is 10.5 Å². The highest BCUT2D eigenvalue weighted by molar-refractivity contribution is 6.30. The van der Waals surface area contributed by atoms with Crippen molar-refractivity contribution in [2.45, 2.75) is 38.3 Å². The molecule has 10 heteroatoms. The van der Waals surface area contributed by atoms with Gasteiger partial charge in [0.15, 0.2) is 0 Å². The number of hydrazone groups is 1. The number of hydrogen-bond acceptors (Lipinski definition) is 6. The summed E-state index contributed by atoms with van der Waals surface area (Å²) in [6.07, 6.45) is 1.72. The fraction of sp³-hybridized carbons (Fsp3) is 0.385. The molecule has 0 unspecified atom stereocenters. The molecule has 0 radical (unpaired) electrons. The maximum absolute atomic E-state index is 13.4. The molecular weight excluding hydrogens is 480 g/mol. The fourth-order valence-corrected chi connectivity index (χ4v) is 4.92. The molecule has 5 rings (SSSR count). The van der Waals surface area contributed by atoms with Gasteiger partial charge in [-0.1, -0.05) is 54.1 Å². The predicted molar refractivity (Wildman–Crippen MR) is 138 cm³/mol. The van der Waals surface area contributed by atoms with Gasteiger partial charge in [0.25, 0.3) is 0 Å². The lowest BCUT2D eigenvalue weighted by Gasteiger charge is -2.21. The number of rotatable bonds is 7. The van der Waals surface area contributed by atoms with Crippen LogP contribution in [0.25, 0.3) is 0 Å². The van der Waals surface area contributed by atoms with E-state index in [4.69, 9.17) is 27.2 Å². The summed E-state index contributed by atoms with van der Waals surface area (Å²) < 4.78 is 8.26. The molecule has 36 heavy (non-hydrogen) atoms. The molecule has 0 saturated carbocycles. The van der Waals surface area contributed by atoms with E-state index in [9.17, 15) is 9.59 Å². The molecule has 2 N–H and O–H groups in total. The van der Waals surface area contributed by atoms with Crippen LogP contribution < -0.4 is 16.4 Å². The van der Waals surface area contributed by atoms with Crippen LogP contribution in [0, 0.1) is 5.92 Å². The number of primary amides is 1. The summed E-state index contributed by atoms with van der Waals surface area (Å²) in [6.45, 7) is 3.87. The quantitative estimate of drug-likeness (QED) is 0.527. The van der Waals surface area contributed by atoms with Gasteiger partial charge >= 0.3 is 5.69 Å². The van der Waals surface area contributed by atoms with E-state index in [2.05, 4.69) is 17.2 Å². The van der Waals surface area contributed by atoms with Crippen molar-refractivity contribution in [1.29, 1.82) is 0 Å². The number of aromatic nitrogens is 3. The highest BCUT2D eigenvalue weighted by Crippen LogP contribution is 2.32. The number of nitrogens with zero attached hydrogens (tertiary/aromatic N) is 5. The van der Waals surface area contributed by atoms with Crippen molar-refractivity contribution >= 4 is 29.2 Å². The van der Waals surface area contributed by atoms with Crippen LogP contribution in [0.2, 0.25) is 5.02 Å². The smallest absolute Gasteiger partial charge is 0.348 e. The molecule has 9 nitrogen and oxygen atoms in total. The van der Waals surface area contributed by atoms with Crippen molar-refractivity contribution in [2.24, 2.45) is 16.8 Å². The number of carbonyl (C=O) groups excluding carboxylic acids is 1. The van der Waals surface area contributed by atoms with Crippen molar-refractivity contribution in [1.82, 2.24) is 14.3 Å². The number of hydrogen-bond donors (Lipinski definition) is 1. The van der Waals surface area contributed by atoms with Gasteiger partial charge in [-0.2, -0.15) is 5.10 Å². The average Bonchev–Trinajstić information content (AvgIpc) is 3.47. The summed E-state index contributed by atoms with van der Waals surface area (Å²) in [5, 5.41) is 11.9. The van der Waals surface area contributed by atoms with Crippen LogP contribution >= 0.6 is 11.6 Å². The maximum Gasteiger partial charge on any atom is 0.348 e. The molecule has 2 atom stereocenters. The number of anilines is 1. The zero-order chi connectivity index (χ0) is 25.2. The van der Waals surface area contributed by atoms with Crippen LogP contribution in [-0.2, 0) is 16.1 Å². The standard InChI is InChI=1S/C26H29ClN6O3/c1-17(24(28)34)33-25(30-32(26(33)35)15-18-11-13-36-14-12-18)31-16-22(19-5-3-2-4-6-19)23(29-31)20-7-9-21(27)10-8-20/h2-10,17-18,22H,11-16H2,1H3,(H2,28,34)/t17-,22-/m1/s1. The van der Waals surface area contributed by atoms with Crippen LogP contribution in [0.1, 0.15) is 42.9 Å². The second-order valence-corrected chi connectivity index (χ2v) is 9.74. The van der Waals surface area contributed by atoms with Gasteiger partial charge in [-0.25, -0.2) is 19.1 Å². The SMILES string of the molecule is C[C@H](C(N)=O)n1c(N2C[C@H](c3ccccc3)C(c3ccc(Cl)cc3)=N2)nn(CC2CCOCC2)c1=O. The third kappa shape index (κ3) is 4.81. The summed E-state index contributed by atoms with van der Waals surface area (Å²) in [5.74, 6) is -0.0892. The van der Waals surface area contributed by atoms with Crippen molar-refractivity contribution in [3.63, 3.8) is 0 Å². The number of benzene rings is 2. The summed E-state index contributed by atoms with van der Waals surface area (Å²) in [4.78, 5) is 25.6. The third-order valence-electron chi connectivity index (χ3n) is 6.91. The third-order valence-corrected chi connectivity index (χ3v) is 7.16. The number of amides is 1. The van der Waals surface area contributed by atoms with Gasteiger partial charge in [-0.05, 0) is 48.9 Å². The van der Waals surface area contributed by atoms with Gasteiger partial charge in [0, 0.05) is 30.7 Å². The number of nitrogens with two attached hydrogens (primary N) is 1. The van der Waals surface area contributed by atoms with Gasteiger partial charge in [0.2, 0.25) is 11.9 Å². The molecule has 0 bridgehead atoms. The second-order valence-electron chi connectivity index (χ2n) is 9.31. The lowest BCUT2D eigenvalue weighted by Crippen LogP contribution is -2.36. The maximum atomic E-state index is 13.4. The Morgan fingerprint density at radius 3 is 2.50 bits per heavy atom. The Bertz CT molecular complexity index is 1310. The summed E-state index contributed by atoms with van der Waals surface area (Å²) in [5.41, 5.74) is 8.11. The zero-order valence-electron chi connectivity index (χ0n) is 20.1. The lowest BCUT2D eigenvalue weighted by molar-refractivity contribution is -0.120. The number of carbonyl (C=O) groups is 1. The first kappa shape index (κ1) is 24.3. The normalized spacial score (nSPS) is 19.3. The summed E-state index contributed by atoms with van der Waals surface area (Å²) in [7, 11) is 0. The van der Waals surface area contributed by atoms with Crippen LogP contribution in [0.3, 0.4) is 0 Å². The Kier molecular flexibility index (Phi) is 6.93. The van der Waals surface area contributed by atoms with Crippen molar-refractivity contribution in [3.05, 3.63) is 81.2 Å². The first-order valence-electron chi connectivity index (χ1n) is 12.2. The summed E-state index contributed by atoms with van der Waals surface area (Å²) in [6, 6.07) is 16.7. The largest absolute Gasteiger partial charge is 0.381 e. The van der Waals surface area contributed by atoms with E-state index >= 15 is 0 Å². The minimum atomic E-state index is -0.874. The van der Waals surface area contributed by atoms with Gasteiger partial charge in [-0.15, -0.1) is 5.10 Å². The highest BCUT2D eigenvalue weighted by Gasteiger charge is 2.35. The Labute approximate surface area is 214 Å². The van der Waals surface area contributed by atoms with Crippen LogP contribution in [-0.4, -0.2) is 45.7 Å². The fourth-order valence-electron chi connectivity index (χ4n) is 4.80. The minimum absolute atomic E-state index is 0.0690. The van der Waals surface area contributed by atoms with E-state index in [-0.39, 0.29) is 17.5 Å². The van der Waals surface area contributed by atoms with Gasteiger partial charge in [-0.3, -0.25) is 4.79 Å². The van der Waals surface area contributed by atoms with Crippen LogP contribution in [0.5, 0.6) is 0 Å². The molecule has 0 spiro atoms. The Morgan fingerprint density at radius 2 is 1.83 bits per heavy atom. The number of ether oxygens (including phenoxy) is 1. The van der Waals surface area contributed by atoms with E-state index in [1.54, 1.807) is 11.9 Å². The van der Waals surface area contributed by atoms with Crippen LogP contribution in [0.15, 0.2) is 64.5 Å². The number of halogens is 1. The van der Waals surface area contributed by atoms with E-state index in [1.165, 1.54) is 9.25 Å². The van der Waals surface area contributed by atoms with E-state index in [1.807, 2.05) is 42.5 Å². The molecule has 1 aromatic heterocycles. The molecule has 3 aromatic rings. The van der Waals surface area contributed by atoms with Gasteiger partial charge in [0.1, 0.15) is 6.04 Å². The van der Waals surface area contributed by atoms with Crippen molar-refractivity contribution < 1.29 is 9.53 Å². The van der Waals surface area contributed by atoms with E-state index in [0.29, 0.717) is 37.3 Å². The molecule has 1 fully saturated rings. The van der Waals surface area contributed by atoms with Gasteiger partial charge in [0.05, 0.1) is 12.3 Å². The molecule has 3 heterocycles. The van der Waals surface area contributed by atoms with Crippen molar-refractivity contribution in [3.8, 4) is 0 Å². The molecule has 2 aromatic carbocycles. The minimum Gasteiger partial charge on any atom is -0.381 e. The topological polar surface area (TPSA) is 108 Å². The molecule has 1 amide bonds. The lowest BCUT2D eigenvalue weighted by atomic mass is 9.91. The Hall–Kier alpha value is -3.43. The molecular formula is C26H29ClN6O3. The summed E-state index contributed by atoms with van der Waals surface area (Å²) >= 11 is 6.13. The van der Waals surface area contributed by atoms with Crippen LogP contribution in [0.4, 0.5) is 5.95 Å². The highest BCUT2D eigenvalue weighted by atomic mass is 35.5. The zero-order valence-corrected chi connectivity index (χ0v) is 20.8. The molecule has 2 aliphatic rings. The average molecular weight is 509 g/mol. The first-order valence-corrected chi connectivity index (χ1v) is 12.5. The molecule has 1 saturated heterocycles. The Morgan fingerprint density at radius 1 is 1.14 bits per heavy atom. The van der Waals surface area contributed by atoms with Crippen molar-refractivity contribution in [2.75, 3.05) is 24.8 Å². The molecule has 2 aliphatic heterocycles. The van der Waals surface area contributed by atoms with E-state index in [0.717, 1.165) is 29.7 Å². The second kappa shape index (κ2) is 10.3. The predicted octanol–water partition coefficient (Wildman–Crippen LogP) is 3.18. The van der Waals surface area contributed by atoms with E-state index < -0.39 is 11.9 Å². The first-order chi connectivity index (χ1) is 17.4.